The second kappa shape index (κ2) is 5.88. The second-order valence-electron chi connectivity index (χ2n) is 4.27. The lowest BCUT2D eigenvalue weighted by atomic mass is 9.97. The molecule has 0 aromatic carbocycles. The lowest BCUT2D eigenvalue weighted by Gasteiger charge is -2.19. The van der Waals surface area contributed by atoms with Gasteiger partial charge in [0, 0.05) is 31.9 Å². The number of imidazole rings is 1. The van der Waals surface area contributed by atoms with Crippen molar-refractivity contribution in [2.24, 2.45) is 18.8 Å². The summed E-state index contributed by atoms with van der Waals surface area (Å²) in [7, 11) is 2.01. The molecule has 4 nitrogen and oxygen atoms in total. The molecular weight excluding hydrogens is 188 g/mol. The molecule has 0 aliphatic heterocycles. The quantitative estimate of drug-likeness (QED) is 0.548. The highest BCUT2D eigenvalue weighted by atomic mass is 15.2. The van der Waals surface area contributed by atoms with E-state index in [4.69, 9.17) is 5.84 Å². The molecule has 0 aliphatic carbocycles. The molecule has 1 aromatic rings. The molecule has 0 bridgehead atoms. The Balaban J connectivity index is 2.50. The van der Waals surface area contributed by atoms with E-state index in [2.05, 4.69) is 24.3 Å². The summed E-state index contributed by atoms with van der Waals surface area (Å²) in [5.41, 5.74) is 2.88. The van der Waals surface area contributed by atoms with Gasteiger partial charge in [-0.25, -0.2) is 4.98 Å². The van der Waals surface area contributed by atoms with Crippen LogP contribution in [-0.2, 0) is 13.5 Å². The highest BCUT2D eigenvalue weighted by Crippen LogP contribution is 2.12. The van der Waals surface area contributed by atoms with E-state index in [1.165, 1.54) is 6.42 Å². The summed E-state index contributed by atoms with van der Waals surface area (Å²) < 4.78 is 2.04. The number of hydrazine groups is 1. The van der Waals surface area contributed by atoms with Gasteiger partial charge in [-0.05, 0) is 12.3 Å². The van der Waals surface area contributed by atoms with Crippen molar-refractivity contribution in [3.05, 3.63) is 18.2 Å². The maximum atomic E-state index is 5.56. The van der Waals surface area contributed by atoms with Crippen molar-refractivity contribution in [3.63, 3.8) is 0 Å². The minimum atomic E-state index is 0.320. The van der Waals surface area contributed by atoms with E-state index < -0.39 is 0 Å². The largest absolute Gasteiger partial charge is 0.338 e. The van der Waals surface area contributed by atoms with E-state index >= 15 is 0 Å². The number of nitrogens with one attached hydrogen (secondary N) is 1. The van der Waals surface area contributed by atoms with E-state index in [-0.39, 0.29) is 0 Å². The molecule has 1 rings (SSSR count). The van der Waals surface area contributed by atoms with Crippen LogP contribution < -0.4 is 11.3 Å². The van der Waals surface area contributed by atoms with Gasteiger partial charge in [-0.2, -0.15) is 0 Å². The van der Waals surface area contributed by atoms with Gasteiger partial charge in [-0.15, -0.1) is 0 Å². The van der Waals surface area contributed by atoms with Crippen LogP contribution in [0.2, 0.25) is 0 Å². The van der Waals surface area contributed by atoms with Gasteiger partial charge in [0.2, 0.25) is 0 Å². The Bertz CT molecular complexity index is 282. The van der Waals surface area contributed by atoms with Crippen molar-refractivity contribution in [2.45, 2.75) is 39.2 Å². The number of nitrogens with two attached hydrogens (primary N) is 1. The standard InChI is InChI=1S/C11H22N4/c1-4-9(2)7-10(14-12)8-11-13-5-6-15(11)3/h5-6,9-10,14H,4,7-8,12H2,1-3H3. The first-order valence-electron chi connectivity index (χ1n) is 5.59. The van der Waals surface area contributed by atoms with E-state index in [1.54, 1.807) is 0 Å². The number of aromatic nitrogens is 2. The van der Waals surface area contributed by atoms with Crippen molar-refractivity contribution in [1.29, 1.82) is 0 Å². The molecule has 0 amide bonds. The normalized spacial score (nSPS) is 15.2. The monoisotopic (exact) mass is 210 g/mol. The number of aryl methyl sites for hydroxylation is 1. The van der Waals surface area contributed by atoms with Crippen LogP contribution in [0, 0.1) is 5.92 Å². The molecule has 0 fully saturated rings. The van der Waals surface area contributed by atoms with Crippen molar-refractivity contribution >= 4 is 0 Å². The molecule has 0 saturated heterocycles. The highest BCUT2D eigenvalue weighted by molar-refractivity contribution is 4.94. The number of rotatable bonds is 6. The molecule has 15 heavy (non-hydrogen) atoms. The Labute approximate surface area is 91.8 Å². The zero-order valence-corrected chi connectivity index (χ0v) is 9.90. The summed E-state index contributed by atoms with van der Waals surface area (Å²) >= 11 is 0. The minimum Gasteiger partial charge on any atom is -0.338 e. The predicted octanol–water partition coefficient (Wildman–Crippen LogP) is 1.23. The Morgan fingerprint density at radius 3 is 2.80 bits per heavy atom. The van der Waals surface area contributed by atoms with Gasteiger partial charge in [0.1, 0.15) is 5.82 Å². The van der Waals surface area contributed by atoms with Crippen LogP contribution in [0.5, 0.6) is 0 Å². The summed E-state index contributed by atoms with van der Waals surface area (Å²) in [6.07, 6.45) is 6.97. The average Bonchev–Trinajstić information content (AvgIpc) is 2.63. The third-order valence-corrected chi connectivity index (χ3v) is 2.97. The third-order valence-electron chi connectivity index (χ3n) is 2.97. The Morgan fingerprint density at radius 1 is 1.60 bits per heavy atom. The molecule has 2 unspecified atom stereocenters. The van der Waals surface area contributed by atoms with Gasteiger partial charge in [-0.3, -0.25) is 11.3 Å². The molecule has 0 spiro atoms. The molecule has 0 radical (unpaired) electrons. The molecule has 2 atom stereocenters. The van der Waals surface area contributed by atoms with E-state index in [1.807, 2.05) is 24.0 Å². The first-order valence-corrected chi connectivity index (χ1v) is 5.59. The number of hydrogen-bond acceptors (Lipinski definition) is 3. The topological polar surface area (TPSA) is 55.9 Å². The predicted molar refractivity (Wildman–Crippen MR) is 62.1 cm³/mol. The molecule has 1 aromatic heterocycles. The second-order valence-corrected chi connectivity index (χ2v) is 4.27. The molecule has 4 heteroatoms. The molecule has 0 aliphatic rings. The van der Waals surface area contributed by atoms with Crippen LogP contribution in [0.4, 0.5) is 0 Å². The summed E-state index contributed by atoms with van der Waals surface area (Å²) in [6.45, 7) is 4.46. The summed E-state index contributed by atoms with van der Waals surface area (Å²) in [6, 6.07) is 0.320. The van der Waals surface area contributed by atoms with Crippen LogP contribution in [-0.4, -0.2) is 15.6 Å². The number of nitrogens with zero attached hydrogens (tertiary/aromatic N) is 2. The highest BCUT2D eigenvalue weighted by Gasteiger charge is 2.13. The SMILES string of the molecule is CCC(C)CC(Cc1nccn1C)NN. The van der Waals surface area contributed by atoms with Crippen molar-refractivity contribution in [1.82, 2.24) is 15.0 Å². The van der Waals surface area contributed by atoms with Crippen molar-refractivity contribution in [2.75, 3.05) is 0 Å². The van der Waals surface area contributed by atoms with Crippen molar-refractivity contribution < 1.29 is 0 Å². The molecule has 0 saturated carbocycles. The van der Waals surface area contributed by atoms with Gasteiger partial charge in [-0.1, -0.05) is 20.3 Å². The van der Waals surface area contributed by atoms with Gasteiger partial charge in [0.25, 0.3) is 0 Å². The summed E-state index contributed by atoms with van der Waals surface area (Å²) in [5, 5.41) is 0. The van der Waals surface area contributed by atoms with E-state index in [0.29, 0.717) is 12.0 Å². The molecule has 1 heterocycles. The van der Waals surface area contributed by atoms with E-state index in [9.17, 15) is 0 Å². The zero-order chi connectivity index (χ0) is 11.3. The number of hydrogen-bond donors (Lipinski definition) is 2. The Morgan fingerprint density at radius 2 is 2.33 bits per heavy atom. The van der Waals surface area contributed by atoms with Crippen LogP contribution in [0.25, 0.3) is 0 Å². The molecule has 3 N–H and O–H groups in total. The lowest BCUT2D eigenvalue weighted by Crippen LogP contribution is -2.38. The minimum absolute atomic E-state index is 0.320. The third kappa shape index (κ3) is 3.64. The van der Waals surface area contributed by atoms with Crippen LogP contribution in [0.1, 0.15) is 32.5 Å². The van der Waals surface area contributed by atoms with Crippen molar-refractivity contribution in [3.8, 4) is 0 Å². The maximum Gasteiger partial charge on any atom is 0.109 e. The average molecular weight is 210 g/mol. The van der Waals surface area contributed by atoms with Gasteiger partial charge in [0.15, 0.2) is 0 Å². The van der Waals surface area contributed by atoms with E-state index in [0.717, 1.165) is 18.7 Å². The summed E-state index contributed by atoms with van der Waals surface area (Å²) in [5.74, 6) is 7.34. The zero-order valence-electron chi connectivity index (χ0n) is 9.90. The van der Waals surface area contributed by atoms with Gasteiger partial charge >= 0.3 is 0 Å². The Hall–Kier alpha value is -0.870. The fraction of sp³-hybridized carbons (Fsp3) is 0.727. The van der Waals surface area contributed by atoms with Crippen LogP contribution in [0.3, 0.4) is 0 Å². The molecule has 86 valence electrons. The fourth-order valence-corrected chi connectivity index (χ4v) is 1.68. The first kappa shape index (κ1) is 12.2. The smallest absolute Gasteiger partial charge is 0.109 e. The lowest BCUT2D eigenvalue weighted by molar-refractivity contribution is 0.390. The van der Waals surface area contributed by atoms with Crippen LogP contribution in [0.15, 0.2) is 12.4 Å². The molecular formula is C11H22N4. The van der Waals surface area contributed by atoms with Crippen LogP contribution >= 0.6 is 0 Å². The maximum absolute atomic E-state index is 5.56. The Kier molecular flexibility index (Phi) is 4.78. The summed E-state index contributed by atoms with van der Waals surface area (Å²) in [4.78, 5) is 4.30. The fourth-order valence-electron chi connectivity index (χ4n) is 1.68. The first-order chi connectivity index (χ1) is 7.17. The van der Waals surface area contributed by atoms with Gasteiger partial charge in [0.05, 0.1) is 0 Å². The van der Waals surface area contributed by atoms with Gasteiger partial charge < -0.3 is 4.57 Å².